The van der Waals surface area contributed by atoms with Crippen LogP contribution in [0.5, 0.6) is 17.2 Å². The number of hydrogen-bond donors (Lipinski definition) is 0. The van der Waals surface area contributed by atoms with Gasteiger partial charge < -0.3 is 14.3 Å². The van der Waals surface area contributed by atoms with Gasteiger partial charge in [0.15, 0.2) is 6.61 Å². The first-order chi connectivity index (χ1) is 10.8. The van der Waals surface area contributed by atoms with E-state index in [-0.39, 0.29) is 0 Å². The van der Waals surface area contributed by atoms with E-state index in [1.54, 1.807) is 0 Å². The van der Waals surface area contributed by atoms with Crippen LogP contribution < -0.4 is 9.47 Å². The fraction of sp³-hybridized carbons (Fsp3) is 0.278. The monoisotopic (exact) mass is 299 g/mol. The second kappa shape index (κ2) is 8.72. The Bertz CT molecular complexity index is 579. The summed E-state index contributed by atoms with van der Waals surface area (Å²) in [6, 6.07) is 17.2. The topological polar surface area (TPSA) is 40.0 Å². The minimum Gasteiger partial charge on any atom is -0.490 e. The zero-order chi connectivity index (χ0) is 15.6. The first-order valence-electron chi connectivity index (χ1n) is 7.39. The molecule has 0 atom stereocenters. The molecule has 2 rings (SSSR count). The molecule has 0 N–H and O–H groups in total. The summed E-state index contributed by atoms with van der Waals surface area (Å²) in [7, 11) is 0. The van der Waals surface area contributed by atoms with Crippen molar-refractivity contribution in [3.63, 3.8) is 0 Å². The van der Waals surface area contributed by atoms with Crippen molar-refractivity contribution in [1.82, 2.24) is 0 Å². The van der Waals surface area contributed by atoms with Crippen LogP contribution in [0.25, 0.3) is 0 Å². The normalized spacial score (nSPS) is 11.1. The Kier molecular flexibility index (Phi) is 6.30. The lowest BCUT2D eigenvalue weighted by Crippen LogP contribution is -2.05. The lowest BCUT2D eigenvalue weighted by atomic mass is 10.3. The number of para-hydroxylation sites is 1. The molecule has 0 heterocycles. The van der Waals surface area contributed by atoms with Gasteiger partial charge in [-0.25, -0.2) is 0 Å². The third kappa shape index (κ3) is 5.48. The summed E-state index contributed by atoms with van der Waals surface area (Å²) >= 11 is 0. The Hall–Kier alpha value is -2.49. The van der Waals surface area contributed by atoms with Gasteiger partial charge in [-0.2, -0.15) is 0 Å². The Morgan fingerprint density at radius 2 is 1.50 bits per heavy atom. The van der Waals surface area contributed by atoms with Crippen LogP contribution in [0.15, 0.2) is 59.8 Å². The number of hydrogen-bond acceptors (Lipinski definition) is 4. The van der Waals surface area contributed by atoms with Crippen LogP contribution in [-0.4, -0.2) is 18.9 Å². The highest BCUT2D eigenvalue weighted by molar-refractivity contribution is 5.80. The van der Waals surface area contributed by atoms with Gasteiger partial charge in [-0.1, -0.05) is 30.3 Å². The van der Waals surface area contributed by atoms with Gasteiger partial charge in [0, 0.05) is 0 Å². The van der Waals surface area contributed by atoms with E-state index >= 15 is 0 Å². The minimum absolute atomic E-state index is 0.430. The van der Waals surface area contributed by atoms with E-state index < -0.39 is 0 Å². The Labute approximate surface area is 131 Å². The largest absolute Gasteiger partial charge is 0.490 e. The molecule has 2 aromatic rings. The van der Waals surface area contributed by atoms with Gasteiger partial charge in [-0.15, -0.1) is 0 Å². The molecule has 0 bridgehead atoms. The summed E-state index contributed by atoms with van der Waals surface area (Å²) in [5.74, 6) is 2.37. The Balaban J connectivity index is 1.75. The summed E-state index contributed by atoms with van der Waals surface area (Å²) in [6.07, 6.45) is 0.893. The molecule has 0 saturated heterocycles. The average molecular weight is 299 g/mol. The van der Waals surface area contributed by atoms with Gasteiger partial charge in [0.05, 0.1) is 5.71 Å². The van der Waals surface area contributed by atoms with Crippen LogP contribution in [0, 0.1) is 0 Å². The van der Waals surface area contributed by atoms with Gasteiger partial charge in [-0.3, -0.25) is 0 Å². The highest BCUT2D eigenvalue weighted by Gasteiger charge is 1.98. The van der Waals surface area contributed by atoms with E-state index in [0.29, 0.717) is 13.2 Å². The molecular formula is C18H21NO3. The first-order valence-corrected chi connectivity index (χ1v) is 7.39. The summed E-state index contributed by atoms with van der Waals surface area (Å²) < 4.78 is 11.3. The Morgan fingerprint density at radius 3 is 2.18 bits per heavy atom. The van der Waals surface area contributed by atoms with Crippen LogP contribution in [0.3, 0.4) is 0 Å². The fourth-order valence-electron chi connectivity index (χ4n) is 1.65. The highest BCUT2D eigenvalue weighted by Crippen LogP contribution is 2.23. The van der Waals surface area contributed by atoms with Gasteiger partial charge in [0.2, 0.25) is 0 Å². The molecule has 2 aromatic carbocycles. The molecule has 22 heavy (non-hydrogen) atoms. The summed E-state index contributed by atoms with van der Waals surface area (Å²) in [6.45, 7) is 4.86. The van der Waals surface area contributed by atoms with E-state index in [4.69, 9.17) is 14.3 Å². The molecule has 0 aromatic heterocycles. The molecule has 4 nitrogen and oxygen atoms in total. The molecule has 0 aliphatic rings. The molecule has 116 valence electrons. The maximum absolute atomic E-state index is 5.72. The summed E-state index contributed by atoms with van der Waals surface area (Å²) in [5.41, 5.74) is 0.974. The molecule has 4 heteroatoms. The number of ether oxygens (including phenoxy) is 2. The highest BCUT2D eigenvalue weighted by atomic mass is 16.6. The molecule has 0 aliphatic heterocycles. The minimum atomic E-state index is 0.430. The van der Waals surface area contributed by atoms with Crippen molar-refractivity contribution in [2.45, 2.75) is 20.3 Å². The van der Waals surface area contributed by atoms with Crippen LogP contribution >= 0.6 is 0 Å². The van der Waals surface area contributed by atoms with E-state index in [9.17, 15) is 0 Å². The molecule has 0 saturated carbocycles. The number of oxime groups is 1. The molecular weight excluding hydrogens is 278 g/mol. The van der Waals surface area contributed by atoms with Gasteiger partial charge in [0.1, 0.15) is 23.9 Å². The van der Waals surface area contributed by atoms with Gasteiger partial charge >= 0.3 is 0 Å². The Morgan fingerprint density at radius 1 is 0.864 bits per heavy atom. The number of benzene rings is 2. The molecule has 0 aliphatic carbocycles. The van der Waals surface area contributed by atoms with E-state index in [1.165, 1.54) is 0 Å². The summed E-state index contributed by atoms with van der Waals surface area (Å²) in [4.78, 5) is 5.15. The van der Waals surface area contributed by atoms with Gasteiger partial charge in [-0.05, 0) is 49.7 Å². The van der Waals surface area contributed by atoms with Gasteiger partial charge in [0.25, 0.3) is 0 Å². The van der Waals surface area contributed by atoms with Crippen LogP contribution in [0.4, 0.5) is 0 Å². The summed E-state index contributed by atoms with van der Waals surface area (Å²) in [5, 5.41) is 3.95. The third-order valence-electron chi connectivity index (χ3n) is 2.98. The maximum Gasteiger partial charge on any atom is 0.151 e. The SMILES string of the molecule is CC/C(C)=N\OCCOc1ccc(Oc2ccccc2)cc1. The van der Waals surface area contributed by atoms with E-state index in [1.807, 2.05) is 68.4 Å². The standard InChI is InChI=1S/C18H21NO3/c1-3-15(2)19-21-14-13-20-16-9-11-18(12-10-16)22-17-7-5-4-6-8-17/h4-12H,3,13-14H2,1-2H3/b19-15-. The van der Waals surface area contributed by atoms with Crippen molar-refractivity contribution in [2.24, 2.45) is 5.16 Å². The first kappa shape index (κ1) is 15.9. The molecule has 0 amide bonds. The third-order valence-corrected chi connectivity index (χ3v) is 2.98. The van der Waals surface area contributed by atoms with Crippen LogP contribution in [-0.2, 0) is 4.84 Å². The molecule has 0 unspecified atom stereocenters. The predicted molar refractivity (Wildman–Crippen MR) is 87.8 cm³/mol. The zero-order valence-corrected chi connectivity index (χ0v) is 13.0. The fourth-order valence-corrected chi connectivity index (χ4v) is 1.65. The van der Waals surface area contributed by atoms with E-state index in [2.05, 4.69) is 5.16 Å². The van der Waals surface area contributed by atoms with Crippen molar-refractivity contribution >= 4 is 5.71 Å². The lowest BCUT2D eigenvalue weighted by Gasteiger charge is -2.08. The van der Waals surface area contributed by atoms with Crippen LogP contribution in [0.2, 0.25) is 0 Å². The zero-order valence-electron chi connectivity index (χ0n) is 13.0. The number of rotatable bonds is 8. The smallest absolute Gasteiger partial charge is 0.151 e. The molecule has 0 fully saturated rings. The van der Waals surface area contributed by atoms with Crippen molar-refractivity contribution in [3.8, 4) is 17.2 Å². The second-order valence-electron chi connectivity index (χ2n) is 4.75. The number of nitrogens with zero attached hydrogens (tertiary/aromatic N) is 1. The van der Waals surface area contributed by atoms with Crippen molar-refractivity contribution in [3.05, 3.63) is 54.6 Å². The van der Waals surface area contributed by atoms with Crippen molar-refractivity contribution in [1.29, 1.82) is 0 Å². The van der Waals surface area contributed by atoms with E-state index in [0.717, 1.165) is 29.4 Å². The lowest BCUT2D eigenvalue weighted by molar-refractivity contribution is 0.106. The second-order valence-corrected chi connectivity index (χ2v) is 4.75. The molecule has 0 radical (unpaired) electrons. The maximum atomic E-state index is 5.72. The molecule has 0 spiro atoms. The average Bonchev–Trinajstić information content (AvgIpc) is 2.57. The quantitative estimate of drug-likeness (QED) is 0.404. The van der Waals surface area contributed by atoms with Crippen molar-refractivity contribution < 1.29 is 14.3 Å². The predicted octanol–water partition coefficient (Wildman–Crippen LogP) is 4.66. The van der Waals surface area contributed by atoms with Crippen molar-refractivity contribution in [2.75, 3.05) is 13.2 Å². The van der Waals surface area contributed by atoms with Crippen LogP contribution in [0.1, 0.15) is 20.3 Å².